The lowest BCUT2D eigenvalue weighted by molar-refractivity contribution is -0.125. The van der Waals surface area contributed by atoms with Crippen molar-refractivity contribution in [2.75, 3.05) is 25.4 Å². The van der Waals surface area contributed by atoms with E-state index in [1.165, 1.54) is 0 Å². The number of benzene rings is 1. The fourth-order valence-electron chi connectivity index (χ4n) is 1.54. The van der Waals surface area contributed by atoms with Gasteiger partial charge in [0, 0.05) is 0 Å². The normalized spacial score (nSPS) is 14.9. The molecule has 0 aromatic heterocycles. The Bertz CT molecular complexity index is 431. The van der Waals surface area contributed by atoms with Gasteiger partial charge in [-0.3, -0.25) is 9.69 Å². The zero-order valence-electron chi connectivity index (χ0n) is 9.18. The van der Waals surface area contributed by atoms with Gasteiger partial charge in [-0.15, -0.1) is 0 Å². The highest BCUT2D eigenvalue weighted by Gasteiger charge is 2.27. The minimum absolute atomic E-state index is 0.0618. The van der Waals surface area contributed by atoms with Crippen molar-refractivity contribution in [3.63, 3.8) is 0 Å². The molecular formula is C11H13N3O3. The summed E-state index contributed by atoms with van der Waals surface area (Å²) in [5.41, 5.74) is 6.22. The molecule has 90 valence electrons. The van der Waals surface area contributed by atoms with E-state index in [-0.39, 0.29) is 31.6 Å². The number of nitrogens with zero attached hydrogens (tertiary/aromatic N) is 1. The predicted molar refractivity (Wildman–Crippen MR) is 61.5 cm³/mol. The van der Waals surface area contributed by atoms with Gasteiger partial charge < -0.3 is 15.8 Å². The molecule has 1 aromatic carbocycles. The van der Waals surface area contributed by atoms with Crippen LogP contribution in [0, 0.1) is 0 Å². The van der Waals surface area contributed by atoms with Gasteiger partial charge >= 0.3 is 6.03 Å². The molecule has 3 N–H and O–H groups in total. The number of hydrogen-bond acceptors (Lipinski definition) is 4. The number of nitrogen functional groups attached to an aromatic ring is 1. The fourth-order valence-corrected chi connectivity index (χ4v) is 1.54. The van der Waals surface area contributed by atoms with Crippen LogP contribution in [0.1, 0.15) is 0 Å². The van der Waals surface area contributed by atoms with Crippen LogP contribution in [0.25, 0.3) is 0 Å². The smallest absolute Gasteiger partial charge is 0.324 e. The van der Waals surface area contributed by atoms with E-state index in [4.69, 9.17) is 10.5 Å². The number of carbonyl (C=O) groups is 2. The molecule has 1 heterocycles. The molecule has 0 unspecified atom stereocenters. The Morgan fingerprint density at radius 3 is 2.76 bits per heavy atom. The summed E-state index contributed by atoms with van der Waals surface area (Å²) < 4.78 is 5.40. The third-order valence-corrected chi connectivity index (χ3v) is 2.43. The first-order chi connectivity index (χ1) is 8.18. The molecule has 1 saturated heterocycles. The number of amides is 3. The van der Waals surface area contributed by atoms with Crippen molar-refractivity contribution >= 4 is 17.6 Å². The quantitative estimate of drug-likeness (QED) is 0.576. The first-order valence-corrected chi connectivity index (χ1v) is 5.24. The fraction of sp³-hybridized carbons (Fsp3) is 0.273. The molecule has 0 atom stereocenters. The maximum absolute atomic E-state index is 11.3. The number of nitrogens with two attached hydrogens (primary N) is 1. The number of nitrogens with one attached hydrogen (secondary N) is 1. The Balaban J connectivity index is 1.86. The average Bonchev–Trinajstić information content (AvgIpc) is 2.63. The van der Waals surface area contributed by atoms with Gasteiger partial charge in [-0.1, -0.05) is 12.1 Å². The van der Waals surface area contributed by atoms with Gasteiger partial charge in [0.2, 0.25) is 5.91 Å². The van der Waals surface area contributed by atoms with Crippen molar-refractivity contribution in [3.05, 3.63) is 24.3 Å². The minimum Gasteiger partial charge on any atom is -0.490 e. The first kappa shape index (κ1) is 11.3. The summed E-state index contributed by atoms with van der Waals surface area (Å²) in [6, 6.07) is 6.70. The summed E-state index contributed by atoms with van der Waals surface area (Å²) in [5.74, 6) is 0.319. The summed E-state index contributed by atoms with van der Waals surface area (Å²) >= 11 is 0. The highest BCUT2D eigenvalue weighted by atomic mass is 16.5. The third kappa shape index (κ3) is 2.47. The van der Waals surface area contributed by atoms with Gasteiger partial charge in [-0.25, -0.2) is 4.79 Å². The Morgan fingerprint density at radius 1 is 1.35 bits per heavy atom. The van der Waals surface area contributed by atoms with Crippen LogP contribution < -0.4 is 15.8 Å². The van der Waals surface area contributed by atoms with Crippen molar-refractivity contribution in [2.24, 2.45) is 0 Å². The summed E-state index contributed by atoms with van der Waals surface area (Å²) in [5, 5.41) is 2.44. The standard InChI is InChI=1S/C11H13N3O3/c12-8-3-1-2-4-9(8)17-6-5-14-10(15)7-13-11(14)16/h1-4H,5-7,12H2,(H,13,16). The number of rotatable bonds is 4. The molecule has 0 radical (unpaired) electrons. The molecule has 1 fully saturated rings. The largest absolute Gasteiger partial charge is 0.490 e. The highest BCUT2D eigenvalue weighted by molar-refractivity contribution is 6.01. The van der Waals surface area contributed by atoms with Crippen molar-refractivity contribution < 1.29 is 14.3 Å². The van der Waals surface area contributed by atoms with Crippen molar-refractivity contribution in [1.29, 1.82) is 0 Å². The molecule has 6 heteroatoms. The van der Waals surface area contributed by atoms with Crippen LogP contribution in [0.3, 0.4) is 0 Å². The monoisotopic (exact) mass is 235 g/mol. The van der Waals surface area contributed by atoms with Crippen molar-refractivity contribution in [3.8, 4) is 5.75 Å². The van der Waals surface area contributed by atoms with E-state index in [0.29, 0.717) is 11.4 Å². The summed E-state index contributed by atoms with van der Waals surface area (Å²) in [4.78, 5) is 23.6. The van der Waals surface area contributed by atoms with Crippen LogP contribution in [0.5, 0.6) is 5.75 Å². The van der Waals surface area contributed by atoms with E-state index in [9.17, 15) is 9.59 Å². The maximum Gasteiger partial charge on any atom is 0.324 e. The van der Waals surface area contributed by atoms with Crippen LogP contribution in [0.15, 0.2) is 24.3 Å². The average molecular weight is 235 g/mol. The lowest BCUT2D eigenvalue weighted by Gasteiger charge is -2.13. The molecule has 3 amide bonds. The number of urea groups is 1. The van der Waals surface area contributed by atoms with E-state index >= 15 is 0 Å². The molecule has 0 bridgehead atoms. The molecule has 2 rings (SSSR count). The Kier molecular flexibility index (Phi) is 3.13. The molecule has 0 spiro atoms. The highest BCUT2D eigenvalue weighted by Crippen LogP contribution is 2.19. The van der Waals surface area contributed by atoms with E-state index in [1.54, 1.807) is 24.3 Å². The van der Waals surface area contributed by atoms with E-state index < -0.39 is 0 Å². The summed E-state index contributed by atoms with van der Waals surface area (Å²) in [7, 11) is 0. The van der Waals surface area contributed by atoms with Gasteiger partial charge in [-0.2, -0.15) is 0 Å². The molecule has 1 aliphatic heterocycles. The van der Waals surface area contributed by atoms with Gasteiger partial charge in [0.25, 0.3) is 0 Å². The van der Waals surface area contributed by atoms with E-state index in [1.807, 2.05) is 0 Å². The third-order valence-electron chi connectivity index (χ3n) is 2.43. The number of imide groups is 1. The molecule has 0 aliphatic carbocycles. The van der Waals surface area contributed by atoms with Crippen LogP contribution in [-0.2, 0) is 4.79 Å². The lowest BCUT2D eigenvalue weighted by Crippen LogP contribution is -2.34. The van der Waals surface area contributed by atoms with Gasteiger partial charge in [0.05, 0.1) is 18.8 Å². The molecular weight excluding hydrogens is 222 g/mol. The topological polar surface area (TPSA) is 84.7 Å². The van der Waals surface area contributed by atoms with Gasteiger partial charge in [0.1, 0.15) is 12.4 Å². The number of anilines is 1. The second-order valence-corrected chi connectivity index (χ2v) is 3.59. The van der Waals surface area contributed by atoms with Crippen LogP contribution in [0.4, 0.5) is 10.5 Å². The molecule has 0 saturated carbocycles. The second kappa shape index (κ2) is 4.73. The van der Waals surface area contributed by atoms with Gasteiger partial charge in [-0.05, 0) is 12.1 Å². The number of carbonyl (C=O) groups excluding carboxylic acids is 2. The molecule has 1 aliphatic rings. The Morgan fingerprint density at radius 2 is 2.12 bits per heavy atom. The molecule has 17 heavy (non-hydrogen) atoms. The SMILES string of the molecule is Nc1ccccc1OCCN1C(=O)CNC1=O. The van der Waals surface area contributed by atoms with Crippen LogP contribution in [-0.4, -0.2) is 36.5 Å². The van der Waals surface area contributed by atoms with Crippen LogP contribution >= 0.6 is 0 Å². The minimum atomic E-state index is -0.375. The van der Waals surface area contributed by atoms with Gasteiger partial charge in [0.15, 0.2) is 0 Å². The zero-order chi connectivity index (χ0) is 12.3. The number of hydrogen-bond donors (Lipinski definition) is 2. The predicted octanol–water partition coefficient (Wildman–Crippen LogP) is 0.199. The number of ether oxygens (including phenoxy) is 1. The van der Waals surface area contributed by atoms with Crippen molar-refractivity contribution in [1.82, 2.24) is 10.2 Å². The van der Waals surface area contributed by atoms with Crippen LogP contribution in [0.2, 0.25) is 0 Å². The molecule has 1 aromatic rings. The summed E-state index contributed by atoms with van der Waals surface area (Å²) in [6.45, 7) is 0.513. The number of para-hydroxylation sites is 2. The first-order valence-electron chi connectivity index (χ1n) is 5.24. The summed E-state index contributed by atoms with van der Waals surface area (Å²) in [6.07, 6.45) is 0. The molecule has 6 nitrogen and oxygen atoms in total. The maximum atomic E-state index is 11.3. The Labute approximate surface area is 98.3 Å². The Hall–Kier alpha value is -2.24. The zero-order valence-corrected chi connectivity index (χ0v) is 9.18. The lowest BCUT2D eigenvalue weighted by atomic mass is 10.3. The second-order valence-electron chi connectivity index (χ2n) is 3.59. The van der Waals surface area contributed by atoms with Crippen molar-refractivity contribution in [2.45, 2.75) is 0 Å². The van der Waals surface area contributed by atoms with E-state index in [0.717, 1.165) is 4.90 Å². The van der Waals surface area contributed by atoms with E-state index in [2.05, 4.69) is 5.32 Å².